The average Bonchev–Trinajstić information content (AvgIpc) is 2.53. The van der Waals surface area contributed by atoms with E-state index in [-0.39, 0.29) is 24.1 Å². The number of halogens is 1. The first kappa shape index (κ1) is 18.2. The number of aryl methyl sites for hydroxylation is 1. The van der Waals surface area contributed by atoms with Crippen LogP contribution in [0.2, 0.25) is 0 Å². The molecule has 4 nitrogen and oxygen atoms in total. The zero-order valence-corrected chi connectivity index (χ0v) is 14.4. The van der Waals surface area contributed by atoms with Gasteiger partial charge in [-0.3, -0.25) is 9.59 Å². The molecule has 0 saturated carbocycles. The summed E-state index contributed by atoms with van der Waals surface area (Å²) in [6.45, 7) is 4.48. The summed E-state index contributed by atoms with van der Waals surface area (Å²) in [5.41, 5.74) is 2.58. The zero-order valence-electron chi connectivity index (χ0n) is 13.5. The maximum Gasteiger partial charge on any atom is 0.252 e. The van der Waals surface area contributed by atoms with E-state index in [9.17, 15) is 9.59 Å². The van der Waals surface area contributed by atoms with Gasteiger partial charge in [-0.2, -0.15) is 0 Å². The topological polar surface area (TPSA) is 58.2 Å². The van der Waals surface area contributed by atoms with Crippen molar-refractivity contribution < 1.29 is 9.59 Å². The molecule has 24 heavy (non-hydrogen) atoms. The fourth-order valence-electron chi connectivity index (χ4n) is 2.56. The van der Waals surface area contributed by atoms with E-state index in [0.717, 1.165) is 18.7 Å². The quantitative estimate of drug-likeness (QED) is 0.820. The fourth-order valence-corrected chi connectivity index (χ4v) is 2.56. The van der Waals surface area contributed by atoms with Gasteiger partial charge in [0.15, 0.2) is 5.78 Å². The first-order valence-electron chi connectivity index (χ1n) is 7.84. The van der Waals surface area contributed by atoms with E-state index in [0.29, 0.717) is 29.2 Å². The summed E-state index contributed by atoms with van der Waals surface area (Å²) in [6.07, 6.45) is 0. The Bertz CT molecular complexity index is 724. The van der Waals surface area contributed by atoms with E-state index >= 15 is 0 Å². The van der Waals surface area contributed by atoms with Gasteiger partial charge in [0.1, 0.15) is 0 Å². The Balaban J connectivity index is 0.00000208. The molecule has 1 heterocycles. The molecule has 0 aromatic heterocycles. The summed E-state index contributed by atoms with van der Waals surface area (Å²) >= 11 is 0. The van der Waals surface area contributed by atoms with Gasteiger partial charge in [-0.25, -0.2) is 0 Å². The second-order valence-electron chi connectivity index (χ2n) is 5.98. The van der Waals surface area contributed by atoms with Crippen LogP contribution in [0.4, 0.5) is 0 Å². The van der Waals surface area contributed by atoms with E-state index in [4.69, 9.17) is 0 Å². The number of hydrogen-bond acceptors (Lipinski definition) is 3. The minimum Gasteiger partial charge on any atom is -0.352 e. The first-order valence-corrected chi connectivity index (χ1v) is 7.84. The average molecular weight is 345 g/mol. The van der Waals surface area contributed by atoms with Crippen LogP contribution in [0.25, 0.3) is 0 Å². The van der Waals surface area contributed by atoms with Gasteiger partial charge in [0.25, 0.3) is 5.91 Å². The second kappa shape index (κ2) is 8.08. The van der Waals surface area contributed by atoms with Crippen molar-refractivity contribution in [2.75, 3.05) is 19.6 Å². The number of carbonyl (C=O) groups is 2. The van der Waals surface area contributed by atoms with Crippen LogP contribution in [0.1, 0.15) is 31.8 Å². The van der Waals surface area contributed by atoms with Gasteiger partial charge in [0.2, 0.25) is 0 Å². The van der Waals surface area contributed by atoms with Crippen LogP contribution in [0, 0.1) is 12.8 Å². The molecule has 0 atom stereocenters. The van der Waals surface area contributed by atoms with Crippen LogP contribution in [-0.2, 0) is 0 Å². The molecule has 2 aromatic rings. The summed E-state index contributed by atoms with van der Waals surface area (Å²) in [5, 5.41) is 6.10. The number of rotatable bonds is 5. The number of benzene rings is 2. The second-order valence-corrected chi connectivity index (χ2v) is 5.98. The number of ketones is 1. The third kappa shape index (κ3) is 4.02. The Labute approximate surface area is 148 Å². The molecule has 1 saturated heterocycles. The van der Waals surface area contributed by atoms with E-state index in [2.05, 4.69) is 10.6 Å². The molecule has 3 rings (SSSR count). The predicted molar refractivity (Wildman–Crippen MR) is 97.0 cm³/mol. The van der Waals surface area contributed by atoms with E-state index in [1.807, 2.05) is 19.1 Å². The molecule has 2 aromatic carbocycles. The maximum absolute atomic E-state index is 12.7. The lowest BCUT2D eigenvalue weighted by Gasteiger charge is -2.27. The molecule has 0 unspecified atom stereocenters. The molecular formula is C19H21ClN2O2. The van der Waals surface area contributed by atoms with Crippen LogP contribution in [0.15, 0.2) is 48.5 Å². The van der Waals surface area contributed by atoms with Crippen LogP contribution in [0.5, 0.6) is 0 Å². The van der Waals surface area contributed by atoms with Gasteiger partial charge in [-0.1, -0.05) is 48.0 Å². The highest BCUT2D eigenvalue weighted by Crippen LogP contribution is 2.16. The van der Waals surface area contributed by atoms with Crippen molar-refractivity contribution >= 4 is 24.1 Å². The molecule has 0 radical (unpaired) electrons. The highest BCUT2D eigenvalue weighted by atomic mass is 35.5. The van der Waals surface area contributed by atoms with Crippen LogP contribution < -0.4 is 10.6 Å². The van der Waals surface area contributed by atoms with Gasteiger partial charge < -0.3 is 10.6 Å². The normalized spacial score (nSPS) is 13.5. The molecular weight excluding hydrogens is 324 g/mol. The van der Waals surface area contributed by atoms with Gasteiger partial charge in [-0.05, 0) is 13.0 Å². The number of hydrogen-bond donors (Lipinski definition) is 2. The van der Waals surface area contributed by atoms with Crippen molar-refractivity contribution in [1.82, 2.24) is 10.6 Å². The van der Waals surface area contributed by atoms with Crippen molar-refractivity contribution in [3.8, 4) is 0 Å². The number of amides is 1. The minimum atomic E-state index is -0.187. The van der Waals surface area contributed by atoms with Gasteiger partial charge >= 0.3 is 0 Å². The monoisotopic (exact) mass is 344 g/mol. The van der Waals surface area contributed by atoms with Crippen molar-refractivity contribution in [1.29, 1.82) is 0 Å². The maximum atomic E-state index is 12.7. The third-order valence-electron chi connectivity index (χ3n) is 4.15. The number of carbonyl (C=O) groups excluding carboxylic acids is 2. The summed E-state index contributed by atoms with van der Waals surface area (Å²) in [7, 11) is 0. The molecule has 0 aliphatic carbocycles. The highest BCUT2D eigenvalue weighted by Gasteiger charge is 2.21. The van der Waals surface area contributed by atoms with Crippen molar-refractivity contribution in [2.24, 2.45) is 5.92 Å². The summed E-state index contributed by atoms with van der Waals surface area (Å²) in [6, 6.07) is 14.4. The lowest BCUT2D eigenvalue weighted by molar-refractivity contribution is 0.0932. The van der Waals surface area contributed by atoms with E-state index < -0.39 is 0 Å². The Morgan fingerprint density at radius 1 is 1.04 bits per heavy atom. The Kier molecular flexibility index (Phi) is 6.12. The summed E-state index contributed by atoms with van der Waals surface area (Å²) in [4.78, 5) is 25.1. The SMILES string of the molecule is Cc1ccc(C(=O)c2ccccc2C(=O)NCC2CNC2)cc1.Cl. The predicted octanol–water partition coefficient (Wildman–Crippen LogP) is 2.60. The van der Waals surface area contributed by atoms with Crippen LogP contribution >= 0.6 is 12.4 Å². The summed E-state index contributed by atoms with van der Waals surface area (Å²) < 4.78 is 0. The van der Waals surface area contributed by atoms with E-state index in [1.165, 1.54) is 0 Å². The molecule has 1 fully saturated rings. The highest BCUT2D eigenvalue weighted by molar-refractivity contribution is 6.15. The fraction of sp³-hybridized carbons (Fsp3) is 0.263. The molecule has 1 amide bonds. The molecule has 2 N–H and O–H groups in total. The van der Waals surface area contributed by atoms with Crippen molar-refractivity contribution in [3.63, 3.8) is 0 Å². The molecule has 1 aliphatic rings. The first-order chi connectivity index (χ1) is 11.1. The smallest absolute Gasteiger partial charge is 0.252 e. The Morgan fingerprint density at radius 3 is 2.25 bits per heavy atom. The lowest BCUT2D eigenvalue weighted by Crippen LogP contribution is -2.48. The molecule has 126 valence electrons. The Hall–Kier alpha value is -2.17. The largest absolute Gasteiger partial charge is 0.352 e. The zero-order chi connectivity index (χ0) is 16.2. The van der Waals surface area contributed by atoms with E-state index in [1.54, 1.807) is 36.4 Å². The van der Waals surface area contributed by atoms with Gasteiger partial charge in [0.05, 0.1) is 5.56 Å². The molecule has 0 bridgehead atoms. The number of nitrogens with one attached hydrogen (secondary N) is 2. The van der Waals surface area contributed by atoms with Crippen LogP contribution in [-0.4, -0.2) is 31.3 Å². The molecule has 5 heteroatoms. The Morgan fingerprint density at radius 2 is 1.67 bits per heavy atom. The van der Waals surface area contributed by atoms with Crippen molar-refractivity contribution in [2.45, 2.75) is 6.92 Å². The van der Waals surface area contributed by atoms with Crippen LogP contribution in [0.3, 0.4) is 0 Å². The minimum absolute atomic E-state index is 0. The van der Waals surface area contributed by atoms with Gasteiger partial charge in [0, 0.05) is 36.7 Å². The molecule has 1 aliphatic heterocycles. The standard InChI is InChI=1S/C19H20N2O2.ClH/c1-13-6-8-15(9-7-13)18(22)16-4-2-3-5-17(16)19(23)21-12-14-10-20-11-14;/h2-9,14,20H,10-12H2,1H3,(H,21,23);1H. The molecule has 0 spiro atoms. The summed E-state index contributed by atoms with van der Waals surface area (Å²) in [5.74, 6) is 0.174. The van der Waals surface area contributed by atoms with Crippen molar-refractivity contribution in [3.05, 3.63) is 70.8 Å². The lowest BCUT2D eigenvalue weighted by atomic mass is 9.97. The van der Waals surface area contributed by atoms with Gasteiger partial charge in [-0.15, -0.1) is 12.4 Å². The third-order valence-corrected chi connectivity index (χ3v) is 4.15.